The van der Waals surface area contributed by atoms with Gasteiger partial charge in [-0.3, -0.25) is 0 Å². The molecule has 3 nitrogen and oxygen atoms in total. The normalized spacial score (nSPS) is 15.0. The van der Waals surface area contributed by atoms with Gasteiger partial charge < -0.3 is 16.0 Å². The van der Waals surface area contributed by atoms with E-state index in [-0.39, 0.29) is 5.41 Å². The predicted octanol–water partition coefficient (Wildman–Crippen LogP) is 12.1. The van der Waals surface area contributed by atoms with Crippen molar-refractivity contribution in [2.24, 2.45) is 0 Å². The molecule has 11 rings (SSSR count). The molecule has 66 heavy (non-hydrogen) atoms. The second-order valence-electron chi connectivity index (χ2n) is 18.4. The Bertz CT molecular complexity index is 3520. The van der Waals surface area contributed by atoms with Crippen LogP contribution in [0.2, 0.25) is 0 Å². The quantitative estimate of drug-likeness (QED) is 0.0849. The van der Waals surface area contributed by atoms with E-state index in [1.54, 1.807) is 0 Å². The Balaban J connectivity index is 1.36. The van der Waals surface area contributed by atoms with Crippen LogP contribution in [0.25, 0.3) is 56.1 Å². The minimum Gasteiger partial charge on any atom is -0.398 e. The van der Waals surface area contributed by atoms with Gasteiger partial charge in [-0.15, -0.1) is 12.6 Å². The first-order valence-electron chi connectivity index (χ1n) is 23.2. The van der Waals surface area contributed by atoms with Crippen molar-refractivity contribution in [2.75, 3.05) is 16.0 Å². The Hall–Kier alpha value is -7.21. The molecule has 3 aliphatic rings. The monoisotopic (exact) mass is 869 g/mol. The van der Waals surface area contributed by atoms with Crippen LogP contribution in [-0.4, -0.2) is 7.85 Å². The van der Waals surface area contributed by atoms with E-state index in [1.165, 1.54) is 54.5 Å². The molecule has 3 aliphatic carbocycles. The van der Waals surface area contributed by atoms with Crippen LogP contribution in [0.1, 0.15) is 56.2 Å². The summed E-state index contributed by atoms with van der Waals surface area (Å²) in [5, 5.41) is 12.2. The minimum atomic E-state index is -0.159. The molecule has 3 N–H and O–H groups in total. The van der Waals surface area contributed by atoms with Gasteiger partial charge in [-0.1, -0.05) is 153 Å². The van der Waals surface area contributed by atoms with E-state index in [0.29, 0.717) is 0 Å². The summed E-state index contributed by atoms with van der Waals surface area (Å²) < 4.78 is 0. The number of anilines is 5. The van der Waals surface area contributed by atoms with Crippen molar-refractivity contribution in [3.8, 4) is 11.1 Å². The second kappa shape index (κ2) is 17.0. The number of nitrogens with zero attached hydrogens (tertiary/aromatic N) is 1. The largest absolute Gasteiger partial charge is 0.398 e. The number of nitrogens with two attached hydrogens (primary N) is 1. The average Bonchev–Trinajstić information content (AvgIpc) is 3.57. The highest BCUT2D eigenvalue weighted by Gasteiger charge is 2.38. The third kappa shape index (κ3) is 7.19. The number of nitrogen functional groups attached to an aromatic ring is 1. The summed E-state index contributed by atoms with van der Waals surface area (Å²) in [5.74, 6) is 0. The number of thiol groups is 1. The molecule has 8 aromatic rings. The van der Waals surface area contributed by atoms with Gasteiger partial charge in [0, 0.05) is 66.7 Å². The molecule has 0 unspecified atom stereocenters. The summed E-state index contributed by atoms with van der Waals surface area (Å²) in [6.07, 6.45) is 13.3. The summed E-state index contributed by atoms with van der Waals surface area (Å²) in [6.45, 7) is 4.84. The van der Waals surface area contributed by atoms with Gasteiger partial charge in [-0.25, -0.2) is 0 Å². The molecule has 0 atom stereocenters. The van der Waals surface area contributed by atoms with Crippen LogP contribution < -0.4 is 37.1 Å². The van der Waals surface area contributed by atoms with E-state index in [9.17, 15) is 0 Å². The van der Waals surface area contributed by atoms with Gasteiger partial charge in [0.25, 0.3) is 0 Å². The van der Waals surface area contributed by atoms with Crippen LogP contribution in [0.5, 0.6) is 0 Å². The predicted molar refractivity (Wildman–Crippen MR) is 289 cm³/mol. The standard InChI is InChI=1S/C61H52BN3S/c1-61(2)53-28-15-14-25-50(53)57-54(61)36-41-29-31-45(65(43-20-8-4-9-21-43)44-22-10-5-11-23-44)35-42(38-64-55-34-32-46(66)37-52(55)39-17-6-3-7-18-39)56-48(26-16-27-51(56)58(57)59(41)62)49-33-30-40-19-12-13-24-47(40)60(49)63/h3-13,15,17-24,27-38,64,66H,14,16,25-26,62-63H2,1-2H3/b31-29?,42-38-,45-35?. The van der Waals surface area contributed by atoms with Crippen molar-refractivity contribution in [1.29, 1.82) is 0 Å². The van der Waals surface area contributed by atoms with Crippen LogP contribution in [0.4, 0.5) is 28.4 Å². The van der Waals surface area contributed by atoms with Crippen molar-refractivity contribution >= 4 is 99.3 Å². The molecule has 2 bridgehead atoms. The third-order valence-electron chi connectivity index (χ3n) is 14.1. The number of para-hydroxylation sites is 2. The van der Waals surface area contributed by atoms with Gasteiger partial charge in [-0.05, 0) is 140 Å². The molecule has 0 saturated heterocycles. The van der Waals surface area contributed by atoms with E-state index in [4.69, 9.17) is 18.4 Å². The number of hydrogen-bond acceptors (Lipinski definition) is 4. The van der Waals surface area contributed by atoms with Crippen LogP contribution >= 0.6 is 12.6 Å². The Morgan fingerprint density at radius 2 is 1.35 bits per heavy atom. The Labute approximate surface area is 394 Å². The lowest BCUT2D eigenvalue weighted by atomic mass is 9.77. The topological polar surface area (TPSA) is 41.3 Å². The van der Waals surface area contributed by atoms with Gasteiger partial charge in [0.1, 0.15) is 7.85 Å². The number of hydrogen-bond donors (Lipinski definition) is 3. The Kier molecular flexibility index (Phi) is 10.7. The number of rotatable bonds is 7. The summed E-state index contributed by atoms with van der Waals surface area (Å²) in [6, 6.07) is 61.0. The fourth-order valence-electron chi connectivity index (χ4n) is 10.9. The summed E-state index contributed by atoms with van der Waals surface area (Å²) in [5.41, 5.74) is 23.8. The van der Waals surface area contributed by atoms with Gasteiger partial charge in [0.15, 0.2) is 0 Å². The van der Waals surface area contributed by atoms with Crippen LogP contribution in [-0.2, 0) is 5.41 Å². The molecular formula is C61H52BN3S. The maximum Gasteiger partial charge on any atom is 0.140 e. The number of nitrogens with one attached hydrogen (secondary N) is 1. The molecule has 0 aromatic heterocycles. The first-order valence-corrected chi connectivity index (χ1v) is 23.7. The summed E-state index contributed by atoms with van der Waals surface area (Å²) in [7, 11) is 2.35. The van der Waals surface area contributed by atoms with Crippen molar-refractivity contribution < 1.29 is 0 Å². The molecule has 320 valence electrons. The molecule has 0 heterocycles. The summed E-state index contributed by atoms with van der Waals surface area (Å²) >= 11 is 4.82. The van der Waals surface area contributed by atoms with Gasteiger partial charge in [-0.2, -0.15) is 0 Å². The molecule has 8 aromatic carbocycles. The zero-order valence-corrected chi connectivity index (χ0v) is 38.7. The lowest BCUT2D eigenvalue weighted by Gasteiger charge is -2.26. The van der Waals surface area contributed by atoms with E-state index < -0.39 is 0 Å². The molecular weight excluding hydrogens is 818 g/mol. The first kappa shape index (κ1) is 41.5. The first-order chi connectivity index (χ1) is 32.3. The van der Waals surface area contributed by atoms with Gasteiger partial charge in [0.2, 0.25) is 0 Å². The van der Waals surface area contributed by atoms with E-state index in [0.717, 1.165) is 91.7 Å². The highest BCUT2D eigenvalue weighted by Crippen LogP contribution is 2.51. The highest BCUT2D eigenvalue weighted by atomic mass is 32.1. The average molecular weight is 870 g/mol. The van der Waals surface area contributed by atoms with Crippen molar-refractivity contribution in [3.63, 3.8) is 0 Å². The van der Waals surface area contributed by atoms with E-state index in [1.807, 2.05) is 0 Å². The molecule has 0 saturated carbocycles. The molecule has 0 aliphatic heterocycles. The second-order valence-corrected chi connectivity index (χ2v) is 18.9. The van der Waals surface area contributed by atoms with E-state index in [2.05, 4.69) is 226 Å². The van der Waals surface area contributed by atoms with Crippen molar-refractivity contribution in [3.05, 3.63) is 220 Å². The number of fused-ring (bicyclic) bond motifs is 8. The molecule has 0 spiro atoms. The third-order valence-corrected chi connectivity index (χ3v) is 14.4. The zero-order valence-electron chi connectivity index (χ0n) is 37.8. The smallest absolute Gasteiger partial charge is 0.140 e. The molecule has 5 heteroatoms. The Morgan fingerprint density at radius 3 is 2.11 bits per heavy atom. The van der Waals surface area contributed by atoms with Crippen LogP contribution in [0.3, 0.4) is 0 Å². The fourth-order valence-corrected chi connectivity index (χ4v) is 11.1. The number of benzene rings is 7. The molecule has 0 radical (unpaired) electrons. The molecule has 0 amide bonds. The maximum absolute atomic E-state index is 7.39. The Morgan fingerprint density at radius 1 is 0.667 bits per heavy atom. The number of allylic oxidation sites excluding steroid dienone is 4. The fraction of sp³-hybridized carbons (Fsp3) is 0.115. The highest BCUT2D eigenvalue weighted by molar-refractivity contribution is 7.80. The lowest BCUT2D eigenvalue weighted by Crippen LogP contribution is -2.44. The lowest BCUT2D eigenvalue weighted by molar-refractivity contribution is 0.652. The zero-order chi connectivity index (χ0) is 44.9. The molecule has 0 fully saturated rings. The van der Waals surface area contributed by atoms with Crippen molar-refractivity contribution in [2.45, 2.75) is 49.8 Å². The van der Waals surface area contributed by atoms with Crippen LogP contribution in [0.15, 0.2) is 192 Å². The van der Waals surface area contributed by atoms with Gasteiger partial charge >= 0.3 is 0 Å². The maximum atomic E-state index is 7.39. The van der Waals surface area contributed by atoms with E-state index >= 15 is 0 Å². The minimum absolute atomic E-state index is 0.159. The van der Waals surface area contributed by atoms with Gasteiger partial charge in [0.05, 0.1) is 0 Å². The van der Waals surface area contributed by atoms with Crippen molar-refractivity contribution in [1.82, 2.24) is 0 Å². The van der Waals surface area contributed by atoms with Crippen LogP contribution in [0, 0.1) is 0 Å². The summed E-state index contributed by atoms with van der Waals surface area (Å²) in [4.78, 5) is 3.29. The SMILES string of the molecule is Bc1c2ccc(N(c3ccccc3)c3ccccc3)c/c(=C/Nc3ccc(S)cc3-c3ccccc3)c3c(c1c1c(c2)C(C)(C)C2=C1CCC=C2)=CCCC=3c1ccc2ccccc2c1N.